The van der Waals surface area contributed by atoms with Gasteiger partial charge in [-0.2, -0.15) is 0 Å². The number of carbonyl (C=O) groups is 1. The Morgan fingerprint density at radius 1 is 1.00 bits per heavy atom. The molecule has 1 amide bonds. The van der Waals surface area contributed by atoms with Crippen LogP contribution >= 0.6 is 0 Å². The zero-order valence-electron chi connectivity index (χ0n) is 12.4. The average molecular weight is 309 g/mol. The molecule has 0 radical (unpaired) electrons. The van der Waals surface area contributed by atoms with Crippen molar-refractivity contribution >= 4 is 16.7 Å². The number of hydrogen-bond donors (Lipinski definition) is 2. The third-order valence-electron chi connectivity index (χ3n) is 3.76. The number of hydrogen-bond acceptors (Lipinski definition) is 2. The average Bonchev–Trinajstić information content (AvgIpc) is 2.59. The maximum atomic E-state index is 13.6. The molecule has 2 N–H and O–H groups in total. The third-order valence-corrected chi connectivity index (χ3v) is 3.76. The highest BCUT2D eigenvalue weighted by Gasteiger charge is 2.15. The van der Waals surface area contributed by atoms with Crippen molar-refractivity contribution in [2.75, 3.05) is 6.54 Å². The molecule has 0 aliphatic heterocycles. The van der Waals surface area contributed by atoms with Crippen LogP contribution in [0.15, 0.2) is 66.7 Å². The van der Waals surface area contributed by atoms with Crippen molar-refractivity contribution in [3.05, 3.63) is 83.7 Å². The quantitative estimate of drug-likeness (QED) is 0.775. The summed E-state index contributed by atoms with van der Waals surface area (Å²) in [4.78, 5) is 12.0. The van der Waals surface area contributed by atoms with Crippen molar-refractivity contribution in [3.8, 4) is 0 Å². The van der Waals surface area contributed by atoms with E-state index in [2.05, 4.69) is 5.32 Å². The number of amides is 1. The molecular weight excluding hydrogens is 293 g/mol. The lowest BCUT2D eigenvalue weighted by Crippen LogP contribution is -2.29. The molecule has 0 bridgehead atoms. The fourth-order valence-electron chi connectivity index (χ4n) is 2.58. The topological polar surface area (TPSA) is 49.3 Å². The van der Waals surface area contributed by atoms with Gasteiger partial charge in [0, 0.05) is 6.54 Å². The molecule has 1 atom stereocenters. The van der Waals surface area contributed by atoms with Gasteiger partial charge in [-0.25, -0.2) is 4.39 Å². The molecule has 0 saturated heterocycles. The van der Waals surface area contributed by atoms with Crippen LogP contribution in [-0.2, 0) is 0 Å². The molecule has 3 aromatic rings. The first-order valence-electron chi connectivity index (χ1n) is 7.35. The van der Waals surface area contributed by atoms with Gasteiger partial charge in [-0.15, -0.1) is 0 Å². The van der Waals surface area contributed by atoms with Gasteiger partial charge in [-0.1, -0.05) is 54.6 Å². The molecule has 1 unspecified atom stereocenters. The Morgan fingerprint density at radius 2 is 1.70 bits per heavy atom. The monoisotopic (exact) mass is 309 g/mol. The Kier molecular flexibility index (Phi) is 4.35. The van der Waals surface area contributed by atoms with Gasteiger partial charge in [0.1, 0.15) is 5.82 Å². The van der Waals surface area contributed by atoms with Crippen LogP contribution in [0.5, 0.6) is 0 Å². The lowest BCUT2D eigenvalue weighted by molar-refractivity contribution is 0.0913. The predicted molar refractivity (Wildman–Crippen MR) is 87.6 cm³/mol. The molecule has 0 aliphatic carbocycles. The highest BCUT2D eigenvalue weighted by atomic mass is 19.1. The van der Waals surface area contributed by atoms with Crippen molar-refractivity contribution in [1.82, 2.24) is 5.32 Å². The number of aliphatic hydroxyl groups excluding tert-OH is 1. The minimum Gasteiger partial charge on any atom is -0.387 e. The fraction of sp³-hybridized carbons (Fsp3) is 0.105. The molecule has 23 heavy (non-hydrogen) atoms. The van der Waals surface area contributed by atoms with Crippen LogP contribution in [0, 0.1) is 5.82 Å². The number of fused-ring (bicyclic) bond motifs is 1. The van der Waals surface area contributed by atoms with E-state index in [4.69, 9.17) is 0 Å². The normalized spacial score (nSPS) is 12.1. The van der Waals surface area contributed by atoms with Gasteiger partial charge in [-0.05, 0) is 28.5 Å². The van der Waals surface area contributed by atoms with E-state index in [1.54, 1.807) is 6.07 Å². The number of halogens is 1. The van der Waals surface area contributed by atoms with Crippen LogP contribution in [0.4, 0.5) is 4.39 Å². The molecule has 0 aliphatic rings. The smallest absolute Gasteiger partial charge is 0.254 e. The van der Waals surface area contributed by atoms with Crippen LogP contribution in [0.3, 0.4) is 0 Å². The van der Waals surface area contributed by atoms with Gasteiger partial charge in [0.15, 0.2) is 0 Å². The van der Waals surface area contributed by atoms with Crippen LogP contribution in [0.2, 0.25) is 0 Å². The summed E-state index contributed by atoms with van der Waals surface area (Å²) in [6, 6.07) is 19.1. The summed E-state index contributed by atoms with van der Waals surface area (Å²) in [5.74, 6) is -1.12. The van der Waals surface area contributed by atoms with E-state index in [1.807, 2.05) is 42.5 Å². The molecule has 0 heterocycles. The highest BCUT2D eigenvalue weighted by molar-refractivity contribution is 5.94. The van der Waals surface area contributed by atoms with E-state index in [1.165, 1.54) is 18.2 Å². The summed E-state index contributed by atoms with van der Waals surface area (Å²) in [5, 5.41) is 14.9. The Balaban J connectivity index is 1.75. The molecule has 4 heteroatoms. The van der Waals surface area contributed by atoms with Crippen LogP contribution in [-0.4, -0.2) is 17.6 Å². The Bertz CT molecular complexity index is 842. The first-order valence-corrected chi connectivity index (χ1v) is 7.35. The van der Waals surface area contributed by atoms with E-state index in [0.717, 1.165) is 16.3 Å². The van der Waals surface area contributed by atoms with Crippen LogP contribution < -0.4 is 5.32 Å². The summed E-state index contributed by atoms with van der Waals surface area (Å²) in [7, 11) is 0. The maximum absolute atomic E-state index is 13.6. The van der Waals surface area contributed by atoms with Crippen molar-refractivity contribution in [2.24, 2.45) is 0 Å². The van der Waals surface area contributed by atoms with Crippen molar-refractivity contribution in [3.63, 3.8) is 0 Å². The second-order valence-corrected chi connectivity index (χ2v) is 5.27. The predicted octanol–water partition coefficient (Wildman–Crippen LogP) is 3.44. The van der Waals surface area contributed by atoms with Crippen LogP contribution in [0.1, 0.15) is 22.0 Å². The standard InChI is InChI=1S/C19H16FNO2/c20-17-11-4-3-9-16(17)19(23)21-12-18(22)15-10-5-7-13-6-1-2-8-14(13)15/h1-11,18,22H,12H2,(H,21,23). The Labute approximate surface area is 133 Å². The zero-order chi connectivity index (χ0) is 16.2. The second-order valence-electron chi connectivity index (χ2n) is 5.27. The van der Waals surface area contributed by atoms with Gasteiger partial charge in [0.2, 0.25) is 0 Å². The molecule has 0 fully saturated rings. The number of benzene rings is 3. The van der Waals surface area contributed by atoms with E-state index in [9.17, 15) is 14.3 Å². The third kappa shape index (κ3) is 3.22. The largest absolute Gasteiger partial charge is 0.387 e. The molecule has 0 saturated carbocycles. The molecule has 0 spiro atoms. The molecule has 0 aromatic heterocycles. The second kappa shape index (κ2) is 6.58. The lowest BCUT2D eigenvalue weighted by Gasteiger charge is -2.15. The fourth-order valence-corrected chi connectivity index (χ4v) is 2.58. The summed E-state index contributed by atoms with van der Waals surface area (Å²) < 4.78 is 13.6. The number of carbonyl (C=O) groups excluding carboxylic acids is 1. The maximum Gasteiger partial charge on any atom is 0.254 e. The van der Waals surface area contributed by atoms with Crippen molar-refractivity contribution < 1.29 is 14.3 Å². The van der Waals surface area contributed by atoms with Gasteiger partial charge >= 0.3 is 0 Å². The van der Waals surface area contributed by atoms with E-state index in [-0.39, 0.29) is 12.1 Å². The van der Waals surface area contributed by atoms with Gasteiger partial charge in [0.25, 0.3) is 5.91 Å². The molecule has 3 rings (SSSR count). The van der Waals surface area contributed by atoms with E-state index >= 15 is 0 Å². The van der Waals surface area contributed by atoms with Gasteiger partial charge < -0.3 is 10.4 Å². The van der Waals surface area contributed by atoms with E-state index in [0.29, 0.717) is 0 Å². The number of rotatable bonds is 4. The summed E-state index contributed by atoms with van der Waals surface area (Å²) in [6.07, 6.45) is -0.864. The summed E-state index contributed by atoms with van der Waals surface area (Å²) in [5.41, 5.74) is 0.703. The highest BCUT2D eigenvalue weighted by Crippen LogP contribution is 2.23. The lowest BCUT2D eigenvalue weighted by atomic mass is 10.0. The molecule has 3 nitrogen and oxygen atoms in total. The van der Waals surface area contributed by atoms with Crippen LogP contribution in [0.25, 0.3) is 10.8 Å². The minimum atomic E-state index is -0.864. The minimum absolute atomic E-state index is 0.0151. The van der Waals surface area contributed by atoms with E-state index < -0.39 is 17.8 Å². The number of nitrogens with one attached hydrogen (secondary N) is 1. The first-order chi connectivity index (χ1) is 11.2. The van der Waals surface area contributed by atoms with Crippen molar-refractivity contribution in [2.45, 2.75) is 6.10 Å². The summed E-state index contributed by atoms with van der Waals surface area (Å²) >= 11 is 0. The number of aliphatic hydroxyl groups is 1. The molecule has 3 aromatic carbocycles. The molecule has 116 valence electrons. The Hall–Kier alpha value is -2.72. The summed E-state index contributed by atoms with van der Waals surface area (Å²) in [6.45, 7) is 0.0151. The first kappa shape index (κ1) is 15.2. The van der Waals surface area contributed by atoms with Gasteiger partial charge in [0.05, 0.1) is 11.7 Å². The molecular formula is C19H16FNO2. The zero-order valence-corrected chi connectivity index (χ0v) is 12.4. The SMILES string of the molecule is O=C(NCC(O)c1cccc2ccccc12)c1ccccc1F. The Morgan fingerprint density at radius 3 is 2.52 bits per heavy atom. The van der Waals surface area contributed by atoms with Gasteiger partial charge in [-0.3, -0.25) is 4.79 Å². The van der Waals surface area contributed by atoms with Crippen molar-refractivity contribution in [1.29, 1.82) is 0 Å².